The van der Waals surface area contributed by atoms with Crippen molar-refractivity contribution in [2.24, 2.45) is 0 Å². The SMILES string of the molecule is CC(C)(C)[Si](C)(C)OC(=O)CCC(=O)C(=O)O[Si](C)(C)C(C)(C)C. The Hall–Kier alpha value is -0.956. The molecule has 0 spiro atoms. The van der Waals surface area contributed by atoms with E-state index in [0.717, 1.165) is 0 Å². The van der Waals surface area contributed by atoms with Crippen molar-refractivity contribution in [3.05, 3.63) is 0 Å². The van der Waals surface area contributed by atoms with Gasteiger partial charge in [0.25, 0.3) is 22.6 Å². The van der Waals surface area contributed by atoms with Crippen LogP contribution in [-0.2, 0) is 23.2 Å². The lowest BCUT2D eigenvalue weighted by Gasteiger charge is -2.35. The Balaban J connectivity index is 4.60. The Kier molecular flexibility index (Phi) is 7.21. The van der Waals surface area contributed by atoms with Crippen LogP contribution in [0, 0.1) is 0 Å². The quantitative estimate of drug-likeness (QED) is 0.508. The van der Waals surface area contributed by atoms with E-state index in [1.165, 1.54) is 0 Å². The van der Waals surface area contributed by atoms with Crippen molar-refractivity contribution in [3.63, 3.8) is 0 Å². The van der Waals surface area contributed by atoms with Crippen LogP contribution in [0.2, 0.25) is 36.3 Å². The van der Waals surface area contributed by atoms with Crippen molar-refractivity contribution in [1.82, 2.24) is 0 Å². The molecule has 0 unspecified atom stereocenters. The highest BCUT2D eigenvalue weighted by Gasteiger charge is 2.42. The van der Waals surface area contributed by atoms with Crippen LogP contribution in [0.1, 0.15) is 54.4 Å². The second-order valence-corrected chi connectivity index (χ2v) is 18.8. The number of carbonyl (C=O) groups excluding carboxylic acids is 3. The first-order chi connectivity index (χ1) is 10.4. The average molecular weight is 375 g/mol. The van der Waals surface area contributed by atoms with Gasteiger partial charge in [0, 0.05) is 6.42 Å². The van der Waals surface area contributed by atoms with E-state index in [4.69, 9.17) is 8.85 Å². The zero-order valence-corrected chi connectivity index (χ0v) is 19.0. The van der Waals surface area contributed by atoms with Gasteiger partial charge in [0.1, 0.15) is 0 Å². The standard InChI is InChI=1S/C17H34O5Si2/c1-16(2,3)23(7,8)21-14(19)12-11-13(18)15(20)22-24(9,10)17(4,5)6/h11-12H2,1-10H3. The molecule has 0 aliphatic carbocycles. The molecule has 0 fully saturated rings. The average Bonchev–Trinajstić information content (AvgIpc) is 2.31. The van der Waals surface area contributed by atoms with E-state index < -0.39 is 34.4 Å². The highest BCUT2D eigenvalue weighted by Crippen LogP contribution is 2.37. The number of rotatable bonds is 6. The summed E-state index contributed by atoms with van der Waals surface area (Å²) in [5.74, 6) is -1.91. The minimum atomic E-state index is -2.33. The van der Waals surface area contributed by atoms with Gasteiger partial charge in [0.2, 0.25) is 5.78 Å². The monoisotopic (exact) mass is 374 g/mol. The minimum absolute atomic E-state index is 0.0854. The Morgan fingerprint density at radius 2 is 1.08 bits per heavy atom. The van der Waals surface area contributed by atoms with Gasteiger partial charge in [-0.3, -0.25) is 9.59 Å². The van der Waals surface area contributed by atoms with Crippen LogP contribution in [0.5, 0.6) is 0 Å². The van der Waals surface area contributed by atoms with Crippen molar-refractivity contribution in [2.45, 2.75) is 90.6 Å². The van der Waals surface area contributed by atoms with E-state index >= 15 is 0 Å². The van der Waals surface area contributed by atoms with Gasteiger partial charge < -0.3 is 8.85 Å². The summed E-state index contributed by atoms with van der Waals surface area (Å²) in [5.41, 5.74) is 0. The zero-order chi connectivity index (χ0) is 19.6. The summed E-state index contributed by atoms with van der Waals surface area (Å²) < 4.78 is 11.1. The van der Waals surface area contributed by atoms with Crippen LogP contribution < -0.4 is 0 Å². The highest BCUT2D eigenvalue weighted by atomic mass is 28.4. The van der Waals surface area contributed by atoms with Crippen molar-refractivity contribution in [2.75, 3.05) is 0 Å². The molecule has 0 saturated heterocycles. The van der Waals surface area contributed by atoms with Crippen molar-refractivity contribution in [1.29, 1.82) is 0 Å². The number of ketones is 1. The molecule has 0 amide bonds. The van der Waals surface area contributed by atoms with Gasteiger partial charge >= 0.3 is 5.97 Å². The molecule has 0 aromatic rings. The van der Waals surface area contributed by atoms with E-state index in [9.17, 15) is 14.4 Å². The number of Topliss-reactive ketones (excluding diaryl/α,β-unsaturated/α-hetero) is 1. The molecular formula is C17H34O5Si2. The molecule has 0 heterocycles. The summed E-state index contributed by atoms with van der Waals surface area (Å²) in [6.45, 7) is 19.8. The highest BCUT2D eigenvalue weighted by molar-refractivity contribution is 6.76. The van der Waals surface area contributed by atoms with Crippen LogP contribution in [0.15, 0.2) is 0 Å². The van der Waals surface area contributed by atoms with E-state index in [2.05, 4.69) is 0 Å². The Morgan fingerprint density at radius 1 is 0.708 bits per heavy atom. The molecule has 24 heavy (non-hydrogen) atoms. The summed E-state index contributed by atoms with van der Waals surface area (Å²) in [7, 11) is -4.53. The molecule has 0 atom stereocenters. The predicted octanol–water partition coefficient (Wildman–Crippen LogP) is 4.43. The summed E-state index contributed by atoms with van der Waals surface area (Å²) in [4.78, 5) is 35.9. The molecule has 0 N–H and O–H groups in total. The van der Waals surface area contributed by atoms with Crippen molar-refractivity contribution in [3.8, 4) is 0 Å². The molecule has 140 valence electrons. The molecule has 0 aliphatic heterocycles. The Morgan fingerprint density at radius 3 is 1.46 bits per heavy atom. The van der Waals surface area contributed by atoms with Gasteiger partial charge in [-0.25, -0.2) is 4.79 Å². The first-order valence-electron chi connectivity index (χ1n) is 8.39. The minimum Gasteiger partial charge on any atom is -0.519 e. The van der Waals surface area contributed by atoms with Crippen LogP contribution >= 0.6 is 0 Å². The fraction of sp³-hybridized carbons (Fsp3) is 0.824. The summed E-state index contributed by atoms with van der Waals surface area (Å²) in [6.07, 6.45) is -0.251. The molecule has 0 aromatic heterocycles. The van der Waals surface area contributed by atoms with Gasteiger partial charge in [0.15, 0.2) is 0 Å². The van der Waals surface area contributed by atoms with Crippen LogP contribution in [0.25, 0.3) is 0 Å². The predicted molar refractivity (Wildman–Crippen MR) is 101 cm³/mol. The molecule has 0 aliphatic rings. The summed E-state index contributed by atoms with van der Waals surface area (Å²) >= 11 is 0. The maximum Gasteiger partial charge on any atom is 0.361 e. The van der Waals surface area contributed by atoms with Gasteiger partial charge in [-0.05, 0) is 36.3 Å². The zero-order valence-electron chi connectivity index (χ0n) is 17.0. The third-order valence-corrected chi connectivity index (χ3v) is 13.8. The van der Waals surface area contributed by atoms with E-state index in [0.29, 0.717) is 0 Å². The molecule has 7 heteroatoms. The summed E-state index contributed by atoms with van der Waals surface area (Å²) in [5, 5.41) is -0.252. The fourth-order valence-electron chi connectivity index (χ4n) is 1.25. The second kappa shape index (κ2) is 7.51. The smallest absolute Gasteiger partial charge is 0.361 e. The number of hydrogen-bond acceptors (Lipinski definition) is 5. The molecule has 0 saturated carbocycles. The Labute approximate surface area is 148 Å². The first-order valence-corrected chi connectivity index (χ1v) is 14.2. The second-order valence-electron chi connectivity index (χ2n) is 9.31. The normalized spacial score (nSPS) is 13.4. The van der Waals surface area contributed by atoms with Gasteiger partial charge in [-0.2, -0.15) is 0 Å². The Bertz CT molecular complexity index is 496. The molecule has 0 bridgehead atoms. The van der Waals surface area contributed by atoms with Crippen molar-refractivity contribution >= 4 is 34.4 Å². The van der Waals surface area contributed by atoms with Crippen LogP contribution in [0.4, 0.5) is 0 Å². The first kappa shape index (κ1) is 23.0. The topological polar surface area (TPSA) is 69.7 Å². The van der Waals surface area contributed by atoms with Crippen LogP contribution in [0.3, 0.4) is 0 Å². The number of hydrogen-bond donors (Lipinski definition) is 0. The fourth-order valence-corrected chi connectivity index (χ4v) is 3.11. The maximum atomic E-state index is 12.0. The van der Waals surface area contributed by atoms with Gasteiger partial charge in [-0.1, -0.05) is 41.5 Å². The molecular weight excluding hydrogens is 340 g/mol. The molecule has 0 aromatic carbocycles. The van der Waals surface area contributed by atoms with Crippen molar-refractivity contribution < 1.29 is 23.2 Å². The van der Waals surface area contributed by atoms with E-state index in [1.54, 1.807) is 0 Å². The molecule has 0 rings (SSSR count). The third-order valence-electron chi connectivity index (χ3n) is 5.11. The summed E-state index contributed by atoms with van der Waals surface area (Å²) in [6, 6.07) is 0. The lowest BCUT2D eigenvalue weighted by Crippen LogP contribution is -2.44. The molecule has 5 nitrogen and oxygen atoms in total. The van der Waals surface area contributed by atoms with E-state index in [-0.39, 0.29) is 22.9 Å². The largest absolute Gasteiger partial charge is 0.519 e. The lowest BCUT2D eigenvalue weighted by molar-refractivity contribution is -0.148. The molecule has 0 radical (unpaired) electrons. The van der Waals surface area contributed by atoms with Gasteiger partial charge in [0.05, 0.1) is 6.42 Å². The lowest BCUT2D eigenvalue weighted by atomic mass is 10.2. The van der Waals surface area contributed by atoms with Gasteiger partial charge in [-0.15, -0.1) is 0 Å². The van der Waals surface area contributed by atoms with E-state index in [1.807, 2.05) is 67.7 Å². The number of carbonyl (C=O) groups is 3. The maximum absolute atomic E-state index is 12.0. The van der Waals surface area contributed by atoms with Crippen LogP contribution in [-0.4, -0.2) is 34.4 Å². The third kappa shape index (κ3) is 6.51.